The van der Waals surface area contributed by atoms with Gasteiger partial charge in [0.2, 0.25) is 16.9 Å². The Hall–Kier alpha value is -3.73. The fourth-order valence-electron chi connectivity index (χ4n) is 3.43. The molecule has 150 valence electrons. The smallest absolute Gasteiger partial charge is 0.458 e. The van der Waals surface area contributed by atoms with Gasteiger partial charge in [-0.25, -0.2) is 10.2 Å². The summed E-state index contributed by atoms with van der Waals surface area (Å²) in [6, 6.07) is 9.28. The maximum Gasteiger partial charge on any atom is 0.458 e. The van der Waals surface area contributed by atoms with Crippen LogP contribution in [0.4, 0.5) is 0 Å². The summed E-state index contributed by atoms with van der Waals surface area (Å²) < 4.78 is 8.69. The highest BCUT2D eigenvalue weighted by Gasteiger charge is 2.26. The number of nitrogens with zero attached hydrogens (tertiary/aromatic N) is 6. The van der Waals surface area contributed by atoms with Crippen molar-refractivity contribution in [3.63, 3.8) is 0 Å². The van der Waals surface area contributed by atoms with E-state index in [1.54, 1.807) is 23.9 Å². The van der Waals surface area contributed by atoms with Crippen molar-refractivity contribution in [1.29, 1.82) is 0 Å². The van der Waals surface area contributed by atoms with E-state index in [1.807, 2.05) is 37.4 Å². The minimum atomic E-state index is -0.286. The molecule has 5 rings (SSSR count). The number of H-pyrrole nitrogens is 2. The average molecular weight is 421 g/mol. The zero-order valence-corrected chi connectivity index (χ0v) is 17.2. The molecule has 0 aliphatic heterocycles. The Morgan fingerprint density at radius 3 is 2.77 bits per heavy atom. The summed E-state index contributed by atoms with van der Waals surface area (Å²) in [5, 5.41) is 11.0. The number of para-hydroxylation sites is 1. The van der Waals surface area contributed by atoms with Crippen molar-refractivity contribution in [2.75, 3.05) is 13.4 Å². The molecular weight excluding hydrogens is 404 g/mol. The molecule has 5 aromatic rings. The largest absolute Gasteiger partial charge is 0.496 e. The number of rotatable bonds is 4. The van der Waals surface area contributed by atoms with E-state index in [0.29, 0.717) is 45.1 Å². The van der Waals surface area contributed by atoms with Gasteiger partial charge in [-0.15, -0.1) is 9.61 Å². The van der Waals surface area contributed by atoms with Crippen LogP contribution >= 0.6 is 11.8 Å². The first-order chi connectivity index (χ1) is 14.6. The van der Waals surface area contributed by atoms with Crippen LogP contribution in [0.25, 0.3) is 33.9 Å². The Morgan fingerprint density at radius 2 is 2.00 bits per heavy atom. The Bertz CT molecular complexity index is 1470. The van der Waals surface area contributed by atoms with Crippen molar-refractivity contribution in [3.8, 4) is 23.0 Å². The summed E-state index contributed by atoms with van der Waals surface area (Å²) in [5.41, 5.74) is 1.58. The third kappa shape index (κ3) is 2.74. The van der Waals surface area contributed by atoms with Gasteiger partial charge in [-0.3, -0.25) is 9.36 Å². The number of nitrogens with one attached hydrogen (secondary N) is 2. The van der Waals surface area contributed by atoms with Gasteiger partial charge in [0.05, 0.1) is 12.7 Å². The molecule has 0 bridgehead atoms. The lowest BCUT2D eigenvalue weighted by Crippen LogP contribution is -2.32. The lowest BCUT2D eigenvalue weighted by molar-refractivity contribution is -0.567. The summed E-state index contributed by atoms with van der Waals surface area (Å²) in [6.07, 6.45) is 3.50. The number of hydrogen-bond acceptors (Lipinski definition) is 7. The van der Waals surface area contributed by atoms with Gasteiger partial charge in [-0.05, 0) is 24.5 Å². The molecule has 0 amide bonds. The number of benzene rings is 1. The van der Waals surface area contributed by atoms with Gasteiger partial charge in [-0.1, -0.05) is 33.9 Å². The SMILES string of the molecule is COc1ccccc1-c1c2c(=O)n(-c3nc(SC)n[nH]3)ccc2nc2nc(C)[nH][n+]12. The molecule has 0 aliphatic rings. The first-order valence-electron chi connectivity index (χ1n) is 9.04. The maximum absolute atomic E-state index is 13.6. The minimum absolute atomic E-state index is 0.286. The highest BCUT2D eigenvalue weighted by molar-refractivity contribution is 7.98. The number of aryl methyl sites for hydroxylation is 1. The van der Waals surface area contributed by atoms with E-state index in [-0.39, 0.29) is 5.56 Å². The van der Waals surface area contributed by atoms with Crippen molar-refractivity contribution in [2.45, 2.75) is 12.1 Å². The van der Waals surface area contributed by atoms with E-state index in [2.05, 4.69) is 30.2 Å². The molecule has 11 heteroatoms. The lowest BCUT2D eigenvalue weighted by atomic mass is 10.1. The van der Waals surface area contributed by atoms with Crippen LogP contribution in [0, 0.1) is 6.92 Å². The van der Waals surface area contributed by atoms with Crippen LogP contribution in [-0.2, 0) is 0 Å². The number of ether oxygens (including phenoxy) is 1. The molecule has 1 aromatic carbocycles. The Labute approximate surface area is 174 Å². The van der Waals surface area contributed by atoms with Crippen LogP contribution in [-0.4, -0.2) is 48.2 Å². The van der Waals surface area contributed by atoms with Gasteiger partial charge in [0.1, 0.15) is 11.1 Å². The van der Waals surface area contributed by atoms with Crippen LogP contribution in [0.3, 0.4) is 0 Å². The molecule has 4 heterocycles. The van der Waals surface area contributed by atoms with Crippen LogP contribution in [0.15, 0.2) is 46.5 Å². The molecular formula is C19H17N8O2S+. The fourth-order valence-corrected chi connectivity index (χ4v) is 3.74. The lowest BCUT2D eigenvalue weighted by Gasteiger charge is -2.09. The number of aromatic amines is 2. The number of hydrogen-bond donors (Lipinski definition) is 2. The van der Waals surface area contributed by atoms with E-state index in [4.69, 9.17) is 4.74 Å². The third-order valence-corrected chi connectivity index (χ3v) is 5.27. The van der Waals surface area contributed by atoms with E-state index < -0.39 is 0 Å². The quantitative estimate of drug-likeness (QED) is 0.335. The molecule has 0 radical (unpaired) electrons. The molecule has 4 aromatic heterocycles. The second kappa shape index (κ2) is 6.95. The molecule has 0 spiro atoms. The minimum Gasteiger partial charge on any atom is -0.496 e. The van der Waals surface area contributed by atoms with Gasteiger partial charge >= 0.3 is 5.78 Å². The predicted octanol–water partition coefficient (Wildman–Crippen LogP) is 1.67. The van der Waals surface area contributed by atoms with Crippen LogP contribution in [0.1, 0.15) is 5.82 Å². The van der Waals surface area contributed by atoms with E-state index in [1.165, 1.54) is 16.3 Å². The standard InChI is InChI=1S/C19H16N8O2S/c1-10-20-17-21-12-8-9-26(18-22-19(30-3)24-23-18)16(28)14(12)15(27(17)25-10)11-6-4-5-7-13(11)29-2/h4-9H,1-3H3,(H,22,23,24)/p+1. The molecule has 0 fully saturated rings. The van der Waals surface area contributed by atoms with Gasteiger partial charge in [0.25, 0.3) is 5.56 Å². The number of thioether (sulfide) groups is 1. The van der Waals surface area contributed by atoms with E-state index >= 15 is 0 Å². The van der Waals surface area contributed by atoms with Crippen molar-refractivity contribution < 1.29 is 9.25 Å². The normalized spacial score (nSPS) is 11.4. The first-order valence-corrected chi connectivity index (χ1v) is 10.3. The van der Waals surface area contributed by atoms with E-state index in [0.717, 1.165) is 5.56 Å². The second-order valence-corrected chi connectivity index (χ2v) is 7.28. The first kappa shape index (κ1) is 18.3. The number of methoxy groups -OCH3 is 1. The van der Waals surface area contributed by atoms with Gasteiger partial charge in [0.15, 0.2) is 11.2 Å². The monoisotopic (exact) mass is 421 g/mol. The van der Waals surface area contributed by atoms with Crippen molar-refractivity contribution >= 4 is 28.4 Å². The zero-order valence-electron chi connectivity index (χ0n) is 16.4. The van der Waals surface area contributed by atoms with Crippen LogP contribution in [0.2, 0.25) is 0 Å². The average Bonchev–Trinajstić information content (AvgIpc) is 3.38. The highest BCUT2D eigenvalue weighted by atomic mass is 32.2. The Morgan fingerprint density at radius 1 is 1.17 bits per heavy atom. The molecule has 30 heavy (non-hydrogen) atoms. The Balaban J connectivity index is 1.93. The molecule has 0 unspecified atom stereocenters. The van der Waals surface area contributed by atoms with Crippen molar-refractivity contribution in [3.05, 3.63) is 52.7 Å². The maximum atomic E-state index is 13.6. The van der Waals surface area contributed by atoms with Gasteiger partial charge in [0, 0.05) is 13.1 Å². The topological polar surface area (TPSA) is 118 Å². The summed E-state index contributed by atoms with van der Waals surface area (Å²) in [6.45, 7) is 1.84. The highest BCUT2D eigenvalue weighted by Crippen LogP contribution is 2.30. The molecule has 0 aliphatic carbocycles. The fraction of sp³-hybridized carbons (Fsp3) is 0.158. The molecule has 0 saturated heterocycles. The van der Waals surface area contributed by atoms with Crippen molar-refractivity contribution in [1.82, 2.24) is 34.8 Å². The summed E-state index contributed by atoms with van der Waals surface area (Å²) >= 11 is 1.39. The van der Waals surface area contributed by atoms with E-state index in [9.17, 15) is 4.79 Å². The summed E-state index contributed by atoms with van der Waals surface area (Å²) in [5.74, 6) is 2.10. The molecule has 0 atom stereocenters. The zero-order chi connectivity index (χ0) is 20.8. The second-order valence-electron chi connectivity index (χ2n) is 6.50. The molecule has 0 saturated carbocycles. The summed E-state index contributed by atoms with van der Waals surface area (Å²) in [7, 11) is 1.60. The van der Waals surface area contributed by atoms with Crippen LogP contribution < -0.4 is 14.8 Å². The predicted molar refractivity (Wildman–Crippen MR) is 111 cm³/mol. The van der Waals surface area contributed by atoms with Crippen molar-refractivity contribution in [2.24, 2.45) is 0 Å². The molecule has 10 nitrogen and oxygen atoms in total. The summed E-state index contributed by atoms with van der Waals surface area (Å²) in [4.78, 5) is 27.0. The Kier molecular flexibility index (Phi) is 4.24. The third-order valence-electron chi connectivity index (χ3n) is 4.72. The van der Waals surface area contributed by atoms with Gasteiger partial charge < -0.3 is 4.74 Å². The number of pyridine rings is 1. The van der Waals surface area contributed by atoms with Gasteiger partial charge in [-0.2, -0.15) is 4.98 Å². The van der Waals surface area contributed by atoms with Crippen LogP contribution in [0.5, 0.6) is 5.75 Å². The number of fused-ring (bicyclic) bond motifs is 2. The molecule has 2 N–H and O–H groups in total. The number of aromatic nitrogens is 8.